The molecule has 3 heteroatoms. The van der Waals surface area contributed by atoms with Crippen LogP contribution in [0.15, 0.2) is 0 Å². The first-order chi connectivity index (χ1) is 7.77. The van der Waals surface area contributed by atoms with Crippen molar-refractivity contribution in [2.45, 2.75) is 51.5 Å². The molecule has 1 heterocycles. The molecule has 1 amide bonds. The highest BCUT2D eigenvalue weighted by atomic mass is 16.1. The van der Waals surface area contributed by atoms with Crippen LogP contribution in [-0.4, -0.2) is 25.0 Å². The molecule has 1 aliphatic heterocycles. The summed E-state index contributed by atoms with van der Waals surface area (Å²) in [6.45, 7) is 4.36. The van der Waals surface area contributed by atoms with E-state index in [4.69, 9.17) is 0 Å². The molecule has 1 saturated carbocycles. The molecule has 0 spiro atoms. The van der Waals surface area contributed by atoms with Gasteiger partial charge >= 0.3 is 0 Å². The third-order valence-corrected chi connectivity index (χ3v) is 4.14. The van der Waals surface area contributed by atoms with Gasteiger partial charge < -0.3 is 10.6 Å². The maximum atomic E-state index is 12.0. The fourth-order valence-corrected chi connectivity index (χ4v) is 2.95. The van der Waals surface area contributed by atoms with Crippen LogP contribution in [0.25, 0.3) is 0 Å². The smallest absolute Gasteiger partial charge is 0.223 e. The number of carbonyl (C=O) groups is 1. The Labute approximate surface area is 98.4 Å². The van der Waals surface area contributed by atoms with E-state index < -0.39 is 0 Å². The lowest BCUT2D eigenvalue weighted by atomic mass is 9.92. The zero-order valence-corrected chi connectivity index (χ0v) is 10.3. The highest BCUT2D eigenvalue weighted by molar-refractivity contribution is 5.79. The van der Waals surface area contributed by atoms with Crippen LogP contribution in [0.1, 0.15) is 45.4 Å². The fraction of sp³-hybridized carbons (Fsp3) is 0.923. The molecule has 0 aromatic heterocycles. The van der Waals surface area contributed by atoms with E-state index in [0.29, 0.717) is 23.8 Å². The van der Waals surface area contributed by atoms with Gasteiger partial charge in [0.05, 0.1) is 0 Å². The lowest BCUT2D eigenvalue weighted by Gasteiger charge is -2.29. The highest BCUT2D eigenvalue weighted by Crippen LogP contribution is 2.25. The van der Waals surface area contributed by atoms with E-state index in [1.54, 1.807) is 0 Å². The minimum Gasteiger partial charge on any atom is -0.353 e. The van der Waals surface area contributed by atoms with Crippen molar-refractivity contribution in [1.29, 1.82) is 0 Å². The van der Waals surface area contributed by atoms with E-state index in [9.17, 15) is 4.79 Å². The Hall–Kier alpha value is -0.570. The minimum atomic E-state index is 0.301. The standard InChI is InChI=1S/C13H24N2O/c1-10(12-7-4-8-14-9-12)15-13(16)11-5-2-3-6-11/h10-12,14H,2-9H2,1H3,(H,15,16). The second-order valence-corrected chi connectivity index (χ2v) is 5.39. The van der Waals surface area contributed by atoms with Crippen molar-refractivity contribution in [3.63, 3.8) is 0 Å². The molecule has 0 aromatic rings. The van der Waals surface area contributed by atoms with E-state index in [0.717, 1.165) is 25.9 Å². The van der Waals surface area contributed by atoms with Crippen molar-refractivity contribution in [3.05, 3.63) is 0 Å². The van der Waals surface area contributed by atoms with Crippen molar-refractivity contribution in [2.75, 3.05) is 13.1 Å². The molecule has 2 fully saturated rings. The van der Waals surface area contributed by atoms with Gasteiger partial charge in [-0.15, -0.1) is 0 Å². The van der Waals surface area contributed by atoms with Gasteiger partial charge in [-0.3, -0.25) is 4.79 Å². The number of hydrogen-bond donors (Lipinski definition) is 2. The predicted molar refractivity (Wildman–Crippen MR) is 65.2 cm³/mol. The molecular weight excluding hydrogens is 200 g/mol. The Morgan fingerprint density at radius 2 is 2.00 bits per heavy atom. The summed E-state index contributed by atoms with van der Waals surface area (Å²) in [6.07, 6.45) is 7.16. The summed E-state index contributed by atoms with van der Waals surface area (Å²) in [4.78, 5) is 12.0. The molecule has 2 aliphatic rings. The van der Waals surface area contributed by atoms with Crippen LogP contribution in [0.2, 0.25) is 0 Å². The van der Waals surface area contributed by atoms with Crippen molar-refractivity contribution in [3.8, 4) is 0 Å². The SMILES string of the molecule is CC(NC(=O)C1CCCC1)C1CCCNC1. The van der Waals surface area contributed by atoms with Gasteiger partial charge in [0, 0.05) is 12.0 Å². The number of nitrogens with one attached hydrogen (secondary N) is 2. The van der Waals surface area contributed by atoms with Crippen LogP contribution in [0.5, 0.6) is 0 Å². The summed E-state index contributed by atoms with van der Waals surface area (Å²) in [5, 5.41) is 6.62. The van der Waals surface area contributed by atoms with Gasteiger partial charge in [-0.1, -0.05) is 12.8 Å². The molecule has 1 aliphatic carbocycles. The Kier molecular flexibility index (Phi) is 4.22. The number of hydrogen-bond acceptors (Lipinski definition) is 2. The molecule has 2 atom stereocenters. The maximum absolute atomic E-state index is 12.0. The van der Waals surface area contributed by atoms with Crippen LogP contribution in [0.4, 0.5) is 0 Å². The summed E-state index contributed by atoms with van der Waals surface area (Å²) in [7, 11) is 0. The fourth-order valence-electron chi connectivity index (χ4n) is 2.95. The number of carbonyl (C=O) groups excluding carboxylic acids is 1. The van der Waals surface area contributed by atoms with Crippen LogP contribution in [0, 0.1) is 11.8 Å². The molecule has 3 nitrogen and oxygen atoms in total. The first-order valence-electron chi connectivity index (χ1n) is 6.78. The number of amides is 1. The van der Waals surface area contributed by atoms with Crippen LogP contribution in [0.3, 0.4) is 0 Å². The summed E-state index contributed by atoms with van der Waals surface area (Å²) >= 11 is 0. The van der Waals surface area contributed by atoms with Gasteiger partial charge in [0.2, 0.25) is 5.91 Å². The first kappa shape index (κ1) is 11.9. The van der Waals surface area contributed by atoms with E-state index in [2.05, 4.69) is 17.6 Å². The van der Waals surface area contributed by atoms with E-state index in [-0.39, 0.29) is 0 Å². The normalized spacial score (nSPS) is 28.9. The molecule has 2 rings (SSSR count). The molecular formula is C13H24N2O. The Morgan fingerprint density at radius 3 is 2.62 bits per heavy atom. The zero-order chi connectivity index (χ0) is 11.4. The Bertz CT molecular complexity index is 230. The van der Waals surface area contributed by atoms with Crippen LogP contribution >= 0.6 is 0 Å². The lowest BCUT2D eigenvalue weighted by molar-refractivity contribution is -0.125. The predicted octanol–water partition coefficient (Wildman–Crippen LogP) is 1.68. The van der Waals surface area contributed by atoms with Crippen molar-refractivity contribution in [1.82, 2.24) is 10.6 Å². The molecule has 2 N–H and O–H groups in total. The van der Waals surface area contributed by atoms with E-state index in [1.807, 2.05) is 0 Å². The van der Waals surface area contributed by atoms with Crippen LogP contribution in [-0.2, 0) is 4.79 Å². The topological polar surface area (TPSA) is 41.1 Å². The minimum absolute atomic E-state index is 0.301. The molecule has 16 heavy (non-hydrogen) atoms. The molecule has 92 valence electrons. The average Bonchev–Trinajstić information content (AvgIpc) is 2.83. The maximum Gasteiger partial charge on any atom is 0.223 e. The highest BCUT2D eigenvalue weighted by Gasteiger charge is 2.26. The Balaban J connectivity index is 1.76. The average molecular weight is 224 g/mol. The number of rotatable bonds is 3. The largest absolute Gasteiger partial charge is 0.353 e. The van der Waals surface area contributed by atoms with Gasteiger partial charge in [-0.2, -0.15) is 0 Å². The molecule has 0 bridgehead atoms. The van der Waals surface area contributed by atoms with Gasteiger partial charge in [0.25, 0.3) is 0 Å². The van der Waals surface area contributed by atoms with E-state index in [1.165, 1.54) is 25.7 Å². The number of piperidine rings is 1. The monoisotopic (exact) mass is 224 g/mol. The molecule has 0 radical (unpaired) electrons. The van der Waals surface area contributed by atoms with Crippen molar-refractivity contribution < 1.29 is 4.79 Å². The van der Waals surface area contributed by atoms with E-state index >= 15 is 0 Å². The molecule has 0 aromatic carbocycles. The zero-order valence-electron chi connectivity index (χ0n) is 10.3. The summed E-state index contributed by atoms with van der Waals surface area (Å²) in [5.74, 6) is 1.23. The van der Waals surface area contributed by atoms with Crippen LogP contribution < -0.4 is 10.6 Å². The van der Waals surface area contributed by atoms with Gasteiger partial charge in [-0.05, 0) is 51.6 Å². The Morgan fingerprint density at radius 1 is 1.25 bits per heavy atom. The van der Waals surface area contributed by atoms with Crippen molar-refractivity contribution >= 4 is 5.91 Å². The second kappa shape index (κ2) is 5.67. The summed E-state index contributed by atoms with van der Waals surface area (Å²) < 4.78 is 0. The second-order valence-electron chi connectivity index (χ2n) is 5.39. The third kappa shape index (κ3) is 2.97. The quantitative estimate of drug-likeness (QED) is 0.766. The summed E-state index contributed by atoms with van der Waals surface area (Å²) in [5.41, 5.74) is 0. The lowest BCUT2D eigenvalue weighted by Crippen LogP contribution is -2.46. The first-order valence-corrected chi connectivity index (χ1v) is 6.78. The third-order valence-electron chi connectivity index (χ3n) is 4.14. The summed E-state index contributed by atoms with van der Waals surface area (Å²) in [6, 6.07) is 0.334. The molecule has 2 unspecified atom stereocenters. The molecule has 1 saturated heterocycles. The van der Waals surface area contributed by atoms with Gasteiger partial charge in [-0.25, -0.2) is 0 Å². The van der Waals surface area contributed by atoms with Crippen molar-refractivity contribution in [2.24, 2.45) is 11.8 Å². The van der Waals surface area contributed by atoms with Gasteiger partial charge in [0.15, 0.2) is 0 Å². The van der Waals surface area contributed by atoms with Gasteiger partial charge in [0.1, 0.15) is 0 Å².